The summed E-state index contributed by atoms with van der Waals surface area (Å²) in [5.41, 5.74) is 2.93. The van der Waals surface area contributed by atoms with Gasteiger partial charge in [-0.1, -0.05) is 23.7 Å². The molecule has 102 valence electrons. The summed E-state index contributed by atoms with van der Waals surface area (Å²) in [6, 6.07) is 13.3. The van der Waals surface area contributed by atoms with E-state index in [1.807, 2.05) is 36.4 Å². The molecule has 0 saturated heterocycles. The van der Waals surface area contributed by atoms with Crippen LogP contribution in [0.2, 0.25) is 5.02 Å². The number of ether oxygens (including phenoxy) is 1. The molecule has 0 saturated carbocycles. The fourth-order valence-electron chi connectivity index (χ4n) is 2.50. The molecule has 20 heavy (non-hydrogen) atoms. The highest BCUT2D eigenvalue weighted by atomic mass is 35.5. The SMILES string of the molecule is COc1ccc(C[C@H]2C(=O)Nc3ccc(Cl)cc32)cc1. The van der Waals surface area contributed by atoms with E-state index in [0.29, 0.717) is 11.4 Å². The highest BCUT2D eigenvalue weighted by molar-refractivity contribution is 6.31. The van der Waals surface area contributed by atoms with Crippen molar-refractivity contribution < 1.29 is 9.53 Å². The van der Waals surface area contributed by atoms with Gasteiger partial charge in [-0.3, -0.25) is 4.79 Å². The van der Waals surface area contributed by atoms with Crippen LogP contribution in [0.4, 0.5) is 5.69 Å². The zero-order valence-electron chi connectivity index (χ0n) is 11.0. The molecule has 4 heteroatoms. The minimum atomic E-state index is -0.183. The van der Waals surface area contributed by atoms with Crippen molar-refractivity contribution in [2.75, 3.05) is 12.4 Å². The molecule has 1 atom stereocenters. The Morgan fingerprint density at radius 1 is 1.20 bits per heavy atom. The van der Waals surface area contributed by atoms with Crippen LogP contribution in [0, 0.1) is 0 Å². The van der Waals surface area contributed by atoms with E-state index in [9.17, 15) is 4.79 Å². The van der Waals surface area contributed by atoms with Crippen molar-refractivity contribution in [3.63, 3.8) is 0 Å². The first-order chi connectivity index (χ1) is 9.67. The average molecular weight is 288 g/mol. The van der Waals surface area contributed by atoms with Gasteiger partial charge in [0.15, 0.2) is 0 Å². The zero-order valence-corrected chi connectivity index (χ0v) is 11.8. The van der Waals surface area contributed by atoms with E-state index in [2.05, 4.69) is 5.32 Å². The van der Waals surface area contributed by atoms with E-state index < -0.39 is 0 Å². The van der Waals surface area contributed by atoms with Gasteiger partial charge in [0.2, 0.25) is 5.91 Å². The molecule has 0 fully saturated rings. The van der Waals surface area contributed by atoms with E-state index >= 15 is 0 Å². The lowest BCUT2D eigenvalue weighted by Crippen LogP contribution is -2.14. The van der Waals surface area contributed by atoms with Gasteiger partial charge in [-0.25, -0.2) is 0 Å². The standard InChI is InChI=1S/C16H14ClNO2/c1-20-12-5-2-10(3-6-12)8-14-13-9-11(17)4-7-15(13)18-16(14)19/h2-7,9,14H,8H2,1H3,(H,18,19)/t14-/m1/s1. The number of halogens is 1. The number of amides is 1. The van der Waals surface area contributed by atoms with Crippen LogP contribution in [0.1, 0.15) is 17.0 Å². The summed E-state index contributed by atoms with van der Waals surface area (Å²) in [4.78, 5) is 12.1. The highest BCUT2D eigenvalue weighted by Crippen LogP contribution is 2.36. The van der Waals surface area contributed by atoms with Gasteiger partial charge in [-0.05, 0) is 47.9 Å². The van der Waals surface area contributed by atoms with Crippen LogP contribution < -0.4 is 10.1 Å². The lowest BCUT2D eigenvalue weighted by Gasteiger charge is -2.09. The van der Waals surface area contributed by atoms with E-state index in [-0.39, 0.29) is 11.8 Å². The number of nitrogens with one attached hydrogen (secondary N) is 1. The van der Waals surface area contributed by atoms with Crippen LogP contribution in [-0.2, 0) is 11.2 Å². The van der Waals surface area contributed by atoms with Gasteiger partial charge in [0.1, 0.15) is 5.75 Å². The van der Waals surface area contributed by atoms with Crippen molar-refractivity contribution in [2.24, 2.45) is 0 Å². The molecule has 0 aliphatic carbocycles. The summed E-state index contributed by atoms with van der Waals surface area (Å²) in [7, 11) is 1.64. The van der Waals surface area contributed by atoms with Gasteiger partial charge in [0.25, 0.3) is 0 Å². The number of anilines is 1. The van der Waals surface area contributed by atoms with Crippen LogP contribution in [0.15, 0.2) is 42.5 Å². The van der Waals surface area contributed by atoms with E-state index in [0.717, 1.165) is 22.6 Å². The molecule has 3 rings (SSSR count). The minimum absolute atomic E-state index is 0.0260. The van der Waals surface area contributed by atoms with Crippen molar-refractivity contribution >= 4 is 23.2 Å². The summed E-state index contributed by atoms with van der Waals surface area (Å²) in [6.07, 6.45) is 0.656. The van der Waals surface area contributed by atoms with Crippen LogP contribution in [0.5, 0.6) is 5.75 Å². The summed E-state index contributed by atoms with van der Waals surface area (Å²) in [5.74, 6) is 0.656. The Bertz CT molecular complexity index is 652. The third-order valence-electron chi connectivity index (χ3n) is 3.56. The molecule has 3 nitrogen and oxygen atoms in total. The number of carbonyl (C=O) groups is 1. The molecule has 0 radical (unpaired) electrons. The van der Waals surface area contributed by atoms with Crippen LogP contribution >= 0.6 is 11.6 Å². The predicted molar refractivity (Wildman–Crippen MR) is 79.5 cm³/mol. The number of hydrogen-bond acceptors (Lipinski definition) is 2. The second-order valence-corrected chi connectivity index (χ2v) is 5.26. The lowest BCUT2D eigenvalue weighted by atomic mass is 9.93. The van der Waals surface area contributed by atoms with Gasteiger partial charge >= 0.3 is 0 Å². The number of benzene rings is 2. The topological polar surface area (TPSA) is 38.3 Å². The Morgan fingerprint density at radius 2 is 1.95 bits per heavy atom. The maximum atomic E-state index is 12.1. The molecular weight excluding hydrogens is 274 g/mol. The second-order valence-electron chi connectivity index (χ2n) is 4.83. The fourth-order valence-corrected chi connectivity index (χ4v) is 2.68. The second kappa shape index (κ2) is 5.17. The Labute approximate surface area is 122 Å². The molecule has 0 spiro atoms. The number of carbonyl (C=O) groups excluding carboxylic acids is 1. The number of methoxy groups -OCH3 is 1. The molecule has 1 amide bonds. The Hall–Kier alpha value is -2.00. The van der Waals surface area contributed by atoms with Crippen LogP contribution in [-0.4, -0.2) is 13.0 Å². The molecule has 0 bridgehead atoms. The first-order valence-electron chi connectivity index (χ1n) is 6.40. The Balaban J connectivity index is 1.87. The summed E-state index contributed by atoms with van der Waals surface area (Å²) in [5, 5.41) is 3.55. The van der Waals surface area contributed by atoms with Crippen molar-refractivity contribution in [3.8, 4) is 5.75 Å². The van der Waals surface area contributed by atoms with E-state index in [1.165, 1.54) is 0 Å². The largest absolute Gasteiger partial charge is 0.497 e. The smallest absolute Gasteiger partial charge is 0.232 e. The molecule has 1 N–H and O–H groups in total. The molecule has 1 aliphatic rings. The number of fused-ring (bicyclic) bond motifs is 1. The lowest BCUT2D eigenvalue weighted by molar-refractivity contribution is -0.117. The van der Waals surface area contributed by atoms with Gasteiger partial charge in [-0.15, -0.1) is 0 Å². The molecule has 1 aliphatic heterocycles. The third-order valence-corrected chi connectivity index (χ3v) is 3.80. The van der Waals surface area contributed by atoms with E-state index in [4.69, 9.17) is 16.3 Å². The maximum Gasteiger partial charge on any atom is 0.232 e. The normalized spacial score (nSPS) is 16.7. The molecule has 2 aromatic rings. The Morgan fingerprint density at radius 3 is 2.65 bits per heavy atom. The predicted octanol–water partition coefficient (Wildman–Crippen LogP) is 3.63. The van der Waals surface area contributed by atoms with Crippen LogP contribution in [0.25, 0.3) is 0 Å². The molecule has 2 aromatic carbocycles. The Kier molecular flexibility index (Phi) is 3.36. The maximum absolute atomic E-state index is 12.1. The summed E-state index contributed by atoms with van der Waals surface area (Å²) >= 11 is 6.02. The fraction of sp³-hybridized carbons (Fsp3) is 0.188. The van der Waals surface area contributed by atoms with Gasteiger partial charge in [0, 0.05) is 10.7 Å². The summed E-state index contributed by atoms with van der Waals surface area (Å²) < 4.78 is 5.14. The number of hydrogen-bond donors (Lipinski definition) is 1. The summed E-state index contributed by atoms with van der Waals surface area (Å²) in [6.45, 7) is 0. The van der Waals surface area contributed by atoms with Gasteiger partial charge in [0.05, 0.1) is 13.0 Å². The average Bonchev–Trinajstić information content (AvgIpc) is 2.76. The first kappa shape index (κ1) is 13.0. The molecule has 0 aromatic heterocycles. The molecule has 0 unspecified atom stereocenters. The molecular formula is C16H14ClNO2. The number of rotatable bonds is 3. The van der Waals surface area contributed by atoms with Crippen molar-refractivity contribution in [2.45, 2.75) is 12.3 Å². The van der Waals surface area contributed by atoms with Crippen molar-refractivity contribution in [1.29, 1.82) is 0 Å². The van der Waals surface area contributed by atoms with Gasteiger partial charge in [-0.2, -0.15) is 0 Å². The molecule has 1 heterocycles. The third kappa shape index (κ3) is 2.37. The monoisotopic (exact) mass is 287 g/mol. The van der Waals surface area contributed by atoms with Crippen molar-refractivity contribution in [1.82, 2.24) is 0 Å². The van der Waals surface area contributed by atoms with Crippen LogP contribution in [0.3, 0.4) is 0 Å². The van der Waals surface area contributed by atoms with Crippen molar-refractivity contribution in [3.05, 3.63) is 58.6 Å². The highest BCUT2D eigenvalue weighted by Gasteiger charge is 2.30. The van der Waals surface area contributed by atoms with Gasteiger partial charge < -0.3 is 10.1 Å². The minimum Gasteiger partial charge on any atom is -0.497 e. The zero-order chi connectivity index (χ0) is 14.1. The van der Waals surface area contributed by atoms with E-state index in [1.54, 1.807) is 13.2 Å². The quantitative estimate of drug-likeness (QED) is 0.936. The first-order valence-corrected chi connectivity index (χ1v) is 6.78.